The zero-order chi connectivity index (χ0) is 13.4. The summed E-state index contributed by atoms with van der Waals surface area (Å²) >= 11 is 9.35. The largest absolute Gasteiger partial charge is 0.438 e. The molecular formula is C12H8BrClN4O. The van der Waals surface area contributed by atoms with E-state index in [0.29, 0.717) is 22.6 Å². The number of aromatic nitrogens is 4. The molecule has 7 heteroatoms. The van der Waals surface area contributed by atoms with E-state index in [1.54, 1.807) is 6.07 Å². The van der Waals surface area contributed by atoms with Crippen LogP contribution < -0.4 is 4.74 Å². The Morgan fingerprint density at radius 2 is 2.16 bits per heavy atom. The first-order chi connectivity index (χ1) is 9.13. The minimum atomic E-state index is 0.308. The van der Waals surface area contributed by atoms with Gasteiger partial charge in [0.1, 0.15) is 17.2 Å². The van der Waals surface area contributed by atoms with E-state index in [1.807, 2.05) is 25.1 Å². The van der Waals surface area contributed by atoms with Crippen molar-refractivity contribution in [3.63, 3.8) is 0 Å². The molecule has 0 atom stereocenters. The van der Waals surface area contributed by atoms with Crippen LogP contribution in [0.25, 0.3) is 5.78 Å². The Bertz CT molecular complexity index is 759. The van der Waals surface area contributed by atoms with Gasteiger partial charge in [0, 0.05) is 10.5 Å². The second-order valence-corrected chi connectivity index (χ2v) is 5.20. The predicted octanol–water partition coefficient (Wildman–Crippen LogP) is 3.64. The van der Waals surface area contributed by atoms with Crippen LogP contribution in [0.2, 0.25) is 5.15 Å². The Kier molecular flexibility index (Phi) is 3.12. The first kappa shape index (κ1) is 12.4. The number of hydrogen-bond acceptors (Lipinski definition) is 4. The Balaban J connectivity index is 2.10. The summed E-state index contributed by atoms with van der Waals surface area (Å²) in [6.45, 7) is 1.96. The summed E-state index contributed by atoms with van der Waals surface area (Å²) in [4.78, 5) is 8.03. The number of hydrogen-bond donors (Lipinski definition) is 0. The van der Waals surface area contributed by atoms with Gasteiger partial charge in [0.25, 0.3) is 5.78 Å². The van der Waals surface area contributed by atoms with E-state index in [2.05, 4.69) is 31.0 Å². The Labute approximate surface area is 122 Å². The van der Waals surface area contributed by atoms with Crippen molar-refractivity contribution in [2.75, 3.05) is 0 Å². The third-order valence-corrected chi connectivity index (χ3v) is 3.24. The van der Waals surface area contributed by atoms with Crippen LogP contribution in [0.3, 0.4) is 0 Å². The molecule has 0 unspecified atom stereocenters. The van der Waals surface area contributed by atoms with Crippen molar-refractivity contribution in [2.45, 2.75) is 6.92 Å². The molecule has 3 rings (SSSR count). The van der Waals surface area contributed by atoms with Crippen LogP contribution in [-0.4, -0.2) is 19.6 Å². The molecule has 2 aromatic heterocycles. The molecule has 0 spiro atoms. The Hall–Kier alpha value is -1.66. The molecule has 0 radical (unpaired) electrons. The number of rotatable bonds is 2. The maximum absolute atomic E-state index is 5.94. The Morgan fingerprint density at radius 1 is 1.32 bits per heavy atom. The molecule has 0 aliphatic carbocycles. The molecule has 0 fully saturated rings. The highest BCUT2D eigenvalue weighted by molar-refractivity contribution is 9.10. The summed E-state index contributed by atoms with van der Waals surface area (Å²) in [7, 11) is 0. The van der Waals surface area contributed by atoms with Crippen LogP contribution in [0.15, 0.2) is 35.1 Å². The van der Waals surface area contributed by atoms with Crippen molar-refractivity contribution in [3.05, 3.63) is 45.8 Å². The highest BCUT2D eigenvalue weighted by Crippen LogP contribution is 2.28. The average molecular weight is 340 g/mol. The van der Waals surface area contributed by atoms with E-state index < -0.39 is 0 Å². The summed E-state index contributed by atoms with van der Waals surface area (Å²) in [5, 5.41) is 4.36. The molecule has 0 N–H and O–H groups in total. The molecule has 0 saturated carbocycles. The van der Waals surface area contributed by atoms with Gasteiger partial charge in [0.05, 0.1) is 0 Å². The van der Waals surface area contributed by atoms with Gasteiger partial charge in [0.15, 0.2) is 0 Å². The van der Waals surface area contributed by atoms with Gasteiger partial charge < -0.3 is 4.74 Å². The summed E-state index contributed by atoms with van der Waals surface area (Å²) < 4.78 is 8.27. The highest BCUT2D eigenvalue weighted by atomic mass is 79.9. The maximum atomic E-state index is 5.94. The zero-order valence-corrected chi connectivity index (χ0v) is 12.2. The van der Waals surface area contributed by atoms with E-state index in [4.69, 9.17) is 16.3 Å². The van der Waals surface area contributed by atoms with E-state index in [1.165, 1.54) is 10.8 Å². The number of fused-ring (bicyclic) bond motifs is 1. The molecule has 1 aromatic carbocycles. The standard InChI is InChI=1S/C12H8BrClN4O/c1-7-2-3-8(13)4-9(7)19-11-5-10(14)17-12-15-6-16-18(11)12/h2-6H,1H3. The fraction of sp³-hybridized carbons (Fsp3) is 0.0833. The normalized spacial score (nSPS) is 10.9. The van der Waals surface area contributed by atoms with Gasteiger partial charge in [-0.2, -0.15) is 19.6 Å². The van der Waals surface area contributed by atoms with Crippen LogP contribution in [0.5, 0.6) is 11.6 Å². The molecular weight excluding hydrogens is 332 g/mol. The van der Waals surface area contributed by atoms with Crippen LogP contribution >= 0.6 is 27.5 Å². The molecule has 0 aliphatic rings. The number of halogens is 2. The van der Waals surface area contributed by atoms with Gasteiger partial charge in [-0.05, 0) is 24.6 Å². The van der Waals surface area contributed by atoms with Gasteiger partial charge in [-0.3, -0.25) is 0 Å². The molecule has 0 bridgehead atoms. The molecule has 2 heterocycles. The maximum Gasteiger partial charge on any atom is 0.256 e. The fourth-order valence-corrected chi connectivity index (χ4v) is 2.14. The molecule has 96 valence electrons. The molecule has 3 aromatic rings. The lowest BCUT2D eigenvalue weighted by atomic mass is 10.2. The van der Waals surface area contributed by atoms with E-state index in [9.17, 15) is 0 Å². The monoisotopic (exact) mass is 338 g/mol. The quantitative estimate of drug-likeness (QED) is 0.669. The fourth-order valence-electron chi connectivity index (χ4n) is 1.63. The topological polar surface area (TPSA) is 52.3 Å². The van der Waals surface area contributed by atoms with Crippen LogP contribution in [0, 0.1) is 6.92 Å². The lowest BCUT2D eigenvalue weighted by molar-refractivity contribution is 0.442. The highest BCUT2D eigenvalue weighted by Gasteiger charge is 2.10. The smallest absolute Gasteiger partial charge is 0.256 e. The predicted molar refractivity (Wildman–Crippen MR) is 74.7 cm³/mol. The van der Waals surface area contributed by atoms with Crippen molar-refractivity contribution < 1.29 is 4.74 Å². The number of benzene rings is 1. The molecule has 0 saturated heterocycles. The first-order valence-electron chi connectivity index (χ1n) is 5.44. The summed E-state index contributed by atoms with van der Waals surface area (Å²) in [5.41, 5.74) is 1.00. The lowest BCUT2D eigenvalue weighted by Gasteiger charge is -2.09. The molecule has 19 heavy (non-hydrogen) atoms. The molecule has 0 aliphatic heterocycles. The Morgan fingerprint density at radius 3 is 3.00 bits per heavy atom. The van der Waals surface area contributed by atoms with Crippen molar-refractivity contribution in [2.24, 2.45) is 0 Å². The second kappa shape index (κ2) is 4.79. The molecule has 0 amide bonds. The third-order valence-electron chi connectivity index (χ3n) is 2.55. The minimum absolute atomic E-state index is 0.308. The number of ether oxygens (including phenoxy) is 1. The zero-order valence-electron chi connectivity index (χ0n) is 9.84. The third kappa shape index (κ3) is 2.41. The van der Waals surface area contributed by atoms with E-state index >= 15 is 0 Å². The van der Waals surface area contributed by atoms with Crippen molar-refractivity contribution in [1.82, 2.24) is 19.6 Å². The number of aryl methyl sites for hydroxylation is 1. The molecule has 5 nitrogen and oxygen atoms in total. The summed E-state index contributed by atoms with van der Waals surface area (Å²) in [6, 6.07) is 7.39. The van der Waals surface area contributed by atoms with Gasteiger partial charge >= 0.3 is 0 Å². The lowest BCUT2D eigenvalue weighted by Crippen LogP contribution is -1.98. The summed E-state index contributed by atoms with van der Waals surface area (Å²) in [5.74, 6) is 1.58. The first-order valence-corrected chi connectivity index (χ1v) is 6.61. The van der Waals surface area contributed by atoms with Crippen LogP contribution in [0.1, 0.15) is 5.56 Å². The van der Waals surface area contributed by atoms with Gasteiger partial charge in [-0.25, -0.2) is 0 Å². The van der Waals surface area contributed by atoms with E-state index in [0.717, 1.165) is 10.0 Å². The van der Waals surface area contributed by atoms with Crippen LogP contribution in [0.4, 0.5) is 0 Å². The number of nitrogens with zero attached hydrogens (tertiary/aromatic N) is 4. The van der Waals surface area contributed by atoms with Gasteiger partial charge in [-0.1, -0.05) is 33.6 Å². The minimum Gasteiger partial charge on any atom is -0.438 e. The second-order valence-electron chi connectivity index (χ2n) is 3.90. The van der Waals surface area contributed by atoms with Crippen molar-refractivity contribution in [1.29, 1.82) is 0 Å². The van der Waals surface area contributed by atoms with Crippen LogP contribution in [-0.2, 0) is 0 Å². The van der Waals surface area contributed by atoms with Crippen molar-refractivity contribution >= 4 is 33.3 Å². The summed E-state index contributed by atoms with van der Waals surface area (Å²) in [6.07, 6.45) is 1.40. The average Bonchev–Trinajstić information content (AvgIpc) is 2.82. The van der Waals surface area contributed by atoms with E-state index in [-0.39, 0.29) is 0 Å². The SMILES string of the molecule is Cc1ccc(Br)cc1Oc1cc(Cl)nc2ncnn12. The van der Waals surface area contributed by atoms with Gasteiger partial charge in [-0.15, -0.1) is 0 Å². The van der Waals surface area contributed by atoms with Crippen molar-refractivity contribution in [3.8, 4) is 11.6 Å². The van der Waals surface area contributed by atoms with Gasteiger partial charge in [0.2, 0.25) is 5.88 Å².